The number of benzene rings is 1. The fourth-order valence-corrected chi connectivity index (χ4v) is 2.39. The SMILES string of the molecule is OC1(COc2ccc(Br)c(F)c2)CCCCC1. The average molecular weight is 303 g/mol. The van der Waals surface area contributed by atoms with Gasteiger partial charge in [0.1, 0.15) is 18.2 Å². The Balaban J connectivity index is 1.94. The van der Waals surface area contributed by atoms with Gasteiger partial charge in [0, 0.05) is 6.07 Å². The Morgan fingerprint density at radius 1 is 1.29 bits per heavy atom. The lowest BCUT2D eigenvalue weighted by molar-refractivity contribution is -0.0339. The van der Waals surface area contributed by atoms with Crippen LogP contribution in [0.2, 0.25) is 0 Å². The lowest BCUT2D eigenvalue weighted by atomic mass is 9.85. The molecule has 0 heterocycles. The molecule has 0 amide bonds. The highest BCUT2D eigenvalue weighted by molar-refractivity contribution is 9.10. The number of ether oxygens (including phenoxy) is 1. The predicted octanol–water partition coefficient (Wildman–Crippen LogP) is 3.66. The van der Waals surface area contributed by atoms with Gasteiger partial charge in [-0.05, 0) is 40.9 Å². The zero-order valence-corrected chi connectivity index (χ0v) is 11.2. The summed E-state index contributed by atoms with van der Waals surface area (Å²) in [6, 6.07) is 4.63. The van der Waals surface area contributed by atoms with Crippen LogP contribution in [0.25, 0.3) is 0 Å². The maximum Gasteiger partial charge on any atom is 0.141 e. The smallest absolute Gasteiger partial charge is 0.141 e. The molecule has 1 aromatic carbocycles. The number of aliphatic hydroxyl groups is 1. The summed E-state index contributed by atoms with van der Waals surface area (Å²) in [4.78, 5) is 0. The first-order valence-corrected chi connectivity index (χ1v) is 6.69. The topological polar surface area (TPSA) is 29.5 Å². The van der Waals surface area contributed by atoms with Gasteiger partial charge in [0.05, 0.1) is 10.1 Å². The van der Waals surface area contributed by atoms with Gasteiger partial charge < -0.3 is 9.84 Å². The van der Waals surface area contributed by atoms with Crippen LogP contribution < -0.4 is 4.74 Å². The molecule has 0 atom stereocenters. The van der Waals surface area contributed by atoms with Crippen LogP contribution in [0.1, 0.15) is 32.1 Å². The second-order valence-electron chi connectivity index (χ2n) is 4.65. The molecular formula is C13H16BrFO2. The molecule has 2 nitrogen and oxygen atoms in total. The molecule has 0 aromatic heterocycles. The Kier molecular flexibility index (Phi) is 4.05. The molecule has 4 heteroatoms. The second kappa shape index (κ2) is 5.36. The van der Waals surface area contributed by atoms with Crippen LogP contribution in [0, 0.1) is 5.82 Å². The summed E-state index contributed by atoms with van der Waals surface area (Å²) in [6.45, 7) is 0.244. The molecule has 1 aromatic rings. The van der Waals surface area contributed by atoms with E-state index in [4.69, 9.17) is 4.74 Å². The molecule has 0 radical (unpaired) electrons. The Morgan fingerprint density at radius 2 is 2.00 bits per heavy atom. The molecule has 17 heavy (non-hydrogen) atoms. The minimum Gasteiger partial charge on any atom is -0.490 e. The highest BCUT2D eigenvalue weighted by atomic mass is 79.9. The number of hydrogen-bond donors (Lipinski definition) is 1. The number of halogens is 2. The lowest BCUT2D eigenvalue weighted by Gasteiger charge is -2.31. The fraction of sp³-hybridized carbons (Fsp3) is 0.538. The molecule has 1 aliphatic carbocycles. The van der Waals surface area contributed by atoms with Gasteiger partial charge in [-0.25, -0.2) is 4.39 Å². The van der Waals surface area contributed by atoms with Gasteiger partial charge in [-0.2, -0.15) is 0 Å². The molecule has 0 bridgehead atoms. The van der Waals surface area contributed by atoms with E-state index in [0.29, 0.717) is 10.2 Å². The van der Waals surface area contributed by atoms with Crippen molar-refractivity contribution in [2.45, 2.75) is 37.7 Å². The van der Waals surface area contributed by atoms with Crippen LogP contribution in [0.3, 0.4) is 0 Å². The Labute approximate surface area is 109 Å². The summed E-state index contributed by atoms with van der Waals surface area (Å²) in [5, 5.41) is 10.2. The van der Waals surface area contributed by atoms with Crippen molar-refractivity contribution in [1.82, 2.24) is 0 Å². The molecular weight excluding hydrogens is 287 g/mol. The van der Waals surface area contributed by atoms with Crippen molar-refractivity contribution in [2.24, 2.45) is 0 Å². The Bertz CT molecular complexity index is 389. The van der Waals surface area contributed by atoms with Gasteiger partial charge in [0.15, 0.2) is 0 Å². The van der Waals surface area contributed by atoms with E-state index >= 15 is 0 Å². The number of rotatable bonds is 3. The second-order valence-corrected chi connectivity index (χ2v) is 5.50. The van der Waals surface area contributed by atoms with E-state index in [2.05, 4.69) is 15.9 Å². The maximum atomic E-state index is 13.3. The lowest BCUT2D eigenvalue weighted by Crippen LogP contribution is -2.37. The highest BCUT2D eigenvalue weighted by Gasteiger charge is 2.29. The summed E-state index contributed by atoms with van der Waals surface area (Å²) in [5.74, 6) is 0.114. The van der Waals surface area contributed by atoms with E-state index in [1.54, 1.807) is 12.1 Å². The van der Waals surface area contributed by atoms with Crippen molar-refractivity contribution in [3.05, 3.63) is 28.5 Å². The largest absolute Gasteiger partial charge is 0.490 e. The van der Waals surface area contributed by atoms with Gasteiger partial charge in [0.2, 0.25) is 0 Å². The summed E-state index contributed by atoms with van der Waals surface area (Å²) in [5.41, 5.74) is -0.734. The van der Waals surface area contributed by atoms with Gasteiger partial charge >= 0.3 is 0 Å². The zero-order chi connectivity index (χ0) is 12.3. The van der Waals surface area contributed by atoms with Crippen molar-refractivity contribution in [3.63, 3.8) is 0 Å². The monoisotopic (exact) mass is 302 g/mol. The van der Waals surface area contributed by atoms with Crippen molar-refractivity contribution >= 4 is 15.9 Å². The number of hydrogen-bond acceptors (Lipinski definition) is 2. The minimum absolute atomic E-state index is 0.244. The van der Waals surface area contributed by atoms with Crippen LogP contribution in [-0.4, -0.2) is 17.3 Å². The third-order valence-electron chi connectivity index (χ3n) is 3.18. The summed E-state index contributed by atoms with van der Waals surface area (Å²) in [7, 11) is 0. The standard InChI is InChI=1S/C13H16BrFO2/c14-11-5-4-10(8-12(11)15)17-9-13(16)6-2-1-3-7-13/h4-5,8,16H,1-3,6-7,9H2. The van der Waals surface area contributed by atoms with Crippen molar-refractivity contribution < 1.29 is 14.2 Å². The van der Waals surface area contributed by atoms with Gasteiger partial charge in [0.25, 0.3) is 0 Å². The molecule has 1 fully saturated rings. The van der Waals surface area contributed by atoms with E-state index in [1.165, 1.54) is 12.5 Å². The average Bonchev–Trinajstić information content (AvgIpc) is 2.32. The van der Waals surface area contributed by atoms with Crippen LogP contribution in [0.5, 0.6) is 5.75 Å². The molecule has 0 unspecified atom stereocenters. The summed E-state index contributed by atoms with van der Waals surface area (Å²) < 4.78 is 19.1. The minimum atomic E-state index is -0.734. The van der Waals surface area contributed by atoms with E-state index in [1.807, 2.05) is 0 Å². The van der Waals surface area contributed by atoms with Crippen LogP contribution in [0.4, 0.5) is 4.39 Å². The van der Waals surface area contributed by atoms with Crippen LogP contribution in [-0.2, 0) is 0 Å². The van der Waals surface area contributed by atoms with Crippen molar-refractivity contribution in [3.8, 4) is 5.75 Å². The molecule has 0 spiro atoms. The predicted molar refractivity (Wildman–Crippen MR) is 67.6 cm³/mol. The normalized spacial score (nSPS) is 19.0. The Morgan fingerprint density at radius 3 is 2.65 bits per heavy atom. The maximum absolute atomic E-state index is 13.3. The molecule has 0 saturated heterocycles. The molecule has 2 rings (SSSR count). The Hall–Kier alpha value is -0.610. The molecule has 1 saturated carbocycles. The van der Waals surface area contributed by atoms with Crippen LogP contribution in [0.15, 0.2) is 22.7 Å². The third kappa shape index (κ3) is 3.42. The quantitative estimate of drug-likeness (QED) is 0.923. The van der Waals surface area contributed by atoms with Crippen LogP contribution >= 0.6 is 15.9 Å². The first-order chi connectivity index (χ1) is 8.09. The third-order valence-corrected chi connectivity index (χ3v) is 3.83. The fourth-order valence-electron chi connectivity index (χ4n) is 2.14. The molecule has 1 aliphatic rings. The first kappa shape index (κ1) is 12.8. The van der Waals surface area contributed by atoms with E-state index in [9.17, 15) is 9.50 Å². The van der Waals surface area contributed by atoms with Crippen molar-refractivity contribution in [1.29, 1.82) is 0 Å². The van der Waals surface area contributed by atoms with Gasteiger partial charge in [-0.1, -0.05) is 19.3 Å². The first-order valence-electron chi connectivity index (χ1n) is 5.89. The van der Waals surface area contributed by atoms with E-state index in [-0.39, 0.29) is 12.4 Å². The molecule has 0 aliphatic heterocycles. The van der Waals surface area contributed by atoms with E-state index < -0.39 is 5.60 Å². The highest BCUT2D eigenvalue weighted by Crippen LogP contribution is 2.29. The zero-order valence-electron chi connectivity index (χ0n) is 9.59. The molecule has 1 N–H and O–H groups in total. The van der Waals surface area contributed by atoms with Gasteiger partial charge in [-0.3, -0.25) is 0 Å². The molecule has 94 valence electrons. The van der Waals surface area contributed by atoms with E-state index in [0.717, 1.165) is 25.7 Å². The van der Waals surface area contributed by atoms with Gasteiger partial charge in [-0.15, -0.1) is 0 Å². The van der Waals surface area contributed by atoms with Crippen molar-refractivity contribution in [2.75, 3.05) is 6.61 Å². The summed E-state index contributed by atoms with van der Waals surface area (Å²) in [6.07, 6.45) is 4.79. The summed E-state index contributed by atoms with van der Waals surface area (Å²) >= 11 is 3.09.